The van der Waals surface area contributed by atoms with Crippen LogP contribution in [-0.4, -0.2) is 53.2 Å². The van der Waals surface area contributed by atoms with Crippen LogP contribution in [0.2, 0.25) is 0 Å². The van der Waals surface area contributed by atoms with Crippen LogP contribution in [0.3, 0.4) is 0 Å². The van der Waals surface area contributed by atoms with Crippen LogP contribution >= 0.6 is 10.0 Å². The summed E-state index contributed by atoms with van der Waals surface area (Å²) < 4.78 is 30.4. The molecule has 0 aliphatic rings. The Kier molecular flexibility index (Phi) is 4.32. The summed E-state index contributed by atoms with van der Waals surface area (Å²) in [4.78, 5) is 22.0. The van der Waals surface area contributed by atoms with Crippen molar-refractivity contribution in [2.45, 2.75) is 11.7 Å². The van der Waals surface area contributed by atoms with Crippen LogP contribution < -0.4 is 0 Å². The van der Waals surface area contributed by atoms with E-state index in [4.69, 9.17) is 9.66 Å². The molecule has 0 spiro atoms. The van der Waals surface area contributed by atoms with E-state index in [-0.39, 0.29) is 0 Å². The van der Waals surface area contributed by atoms with Crippen molar-refractivity contribution in [3.8, 4) is 0 Å². The van der Waals surface area contributed by atoms with Gasteiger partial charge in [0.25, 0.3) is 10.1 Å². The number of carbonyl (C=O) groups is 2. The molecule has 0 radical (unpaired) electrons. The number of hydrogen-bond acceptors (Lipinski definition) is 4. The molecule has 6 nitrogen and oxygen atoms in total. The minimum atomic E-state index is -4.65. The maximum Gasteiger partial charge on any atom is 0.305 e. The molecule has 15 heavy (non-hydrogen) atoms. The average molecular weight is 258 g/mol. The van der Waals surface area contributed by atoms with Gasteiger partial charge < -0.3 is 5.11 Å². The van der Waals surface area contributed by atoms with Crippen molar-refractivity contribution < 1.29 is 27.7 Å². The van der Waals surface area contributed by atoms with Gasteiger partial charge in [0.2, 0.25) is 0 Å². The summed E-state index contributed by atoms with van der Waals surface area (Å²) in [7, 11) is -6.52. The lowest BCUT2D eigenvalue weighted by Crippen LogP contribution is -2.34. The van der Waals surface area contributed by atoms with Crippen LogP contribution in [-0.2, 0) is 19.7 Å². The summed E-state index contributed by atoms with van der Waals surface area (Å²) >= 11 is 0. The molecule has 90 valence electrons. The highest BCUT2D eigenvalue weighted by atomic mass is 32.3. The van der Waals surface area contributed by atoms with Crippen LogP contribution in [0.5, 0.6) is 0 Å². The first-order valence-corrected chi connectivity index (χ1v) is 8.22. The van der Waals surface area contributed by atoms with Crippen molar-refractivity contribution in [1.82, 2.24) is 0 Å². The summed E-state index contributed by atoms with van der Waals surface area (Å²) in [6.45, 7) is 0. The largest absolute Gasteiger partial charge is 0.481 e. The van der Waals surface area contributed by atoms with E-state index in [1.165, 1.54) is 18.8 Å². The molecular weight excluding hydrogens is 244 g/mol. The Hall–Kier alpha value is -0.600. The van der Waals surface area contributed by atoms with Gasteiger partial charge in [0.1, 0.15) is 0 Å². The minimum Gasteiger partial charge on any atom is -0.481 e. The number of carboxylic acid groups (broad SMARTS) is 1. The highest BCUT2D eigenvalue weighted by molar-refractivity contribution is 8.44. The lowest BCUT2D eigenvalue weighted by molar-refractivity contribution is -0.137. The minimum absolute atomic E-state index is 0.729. The smallest absolute Gasteiger partial charge is 0.305 e. The Morgan fingerprint density at radius 3 is 1.80 bits per heavy atom. The molecule has 1 unspecified atom stereocenters. The molecule has 1 atom stereocenters. The van der Waals surface area contributed by atoms with Crippen LogP contribution in [0.25, 0.3) is 0 Å². The molecule has 0 aromatic rings. The van der Waals surface area contributed by atoms with E-state index < -0.39 is 42.9 Å². The predicted molar refractivity (Wildman–Crippen MR) is 58.0 cm³/mol. The van der Waals surface area contributed by atoms with Crippen LogP contribution in [0.1, 0.15) is 6.42 Å². The Labute approximate surface area is 89.7 Å². The maximum atomic E-state index is 11.6. The summed E-state index contributed by atoms with van der Waals surface area (Å²) in [5.41, 5.74) is 0. The Balaban J connectivity index is 5.15. The maximum absolute atomic E-state index is 11.6. The van der Waals surface area contributed by atoms with E-state index >= 15 is 0 Å². The van der Waals surface area contributed by atoms with Gasteiger partial charge in [0.05, 0.1) is 6.42 Å². The molecule has 0 saturated heterocycles. The lowest BCUT2D eigenvalue weighted by atomic mass is 10.3. The van der Waals surface area contributed by atoms with Gasteiger partial charge in [0.15, 0.2) is 10.4 Å². The summed E-state index contributed by atoms with van der Waals surface area (Å²) in [6.07, 6.45) is 3.71. The zero-order valence-electron chi connectivity index (χ0n) is 8.63. The van der Waals surface area contributed by atoms with Gasteiger partial charge in [-0.3, -0.25) is 14.1 Å². The molecule has 0 aliphatic carbocycles. The first-order valence-electron chi connectivity index (χ1n) is 3.86. The van der Waals surface area contributed by atoms with Gasteiger partial charge in [-0.05, 0) is 18.8 Å². The number of carbonyl (C=O) groups excluding carboxylic acids is 1. The quantitative estimate of drug-likeness (QED) is 0.684. The fraction of sp³-hybridized carbons (Fsp3) is 0.714. The van der Waals surface area contributed by atoms with Crippen molar-refractivity contribution in [1.29, 1.82) is 0 Å². The lowest BCUT2D eigenvalue weighted by Gasteiger charge is -2.26. The van der Waals surface area contributed by atoms with Gasteiger partial charge in [-0.2, -0.15) is 18.4 Å². The number of carboxylic acids is 1. The number of aliphatic carboxylic acids is 1. The van der Waals surface area contributed by atoms with Crippen molar-refractivity contribution in [3.05, 3.63) is 0 Å². The molecule has 0 aliphatic heterocycles. The van der Waals surface area contributed by atoms with E-state index in [1.54, 1.807) is 0 Å². The Morgan fingerprint density at radius 1 is 1.20 bits per heavy atom. The molecule has 0 amide bonds. The second-order valence-electron chi connectivity index (χ2n) is 3.76. The van der Waals surface area contributed by atoms with Crippen LogP contribution in [0, 0.1) is 0 Å². The standard InChI is InChI=1S/C7H14O6S2/c1-14(2,3)7(10)5(4-6(8)9)15(11,12)13/h5H,4H2,1-3H3,(H,8,9)(H,11,12,13). The summed E-state index contributed by atoms with van der Waals surface area (Å²) in [5.74, 6) is -1.44. The molecule has 0 bridgehead atoms. The van der Waals surface area contributed by atoms with E-state index in [0.717, 1.165) is 0 Å². The van der Waals surface area contributed by atoms with E-state index in [9.17, 15) is 18.0 Å². The number of hydrogen-bond donors (Lipinski definition) is 2. The Morgan fingerprint density at radius 2 is 1.60 bits per heavy atom. The summed E-state index contributed by atoms with van der Waals surface area (Å²) in [5, 5.41) is 5.86. The van der Waals surface area contributed by atoms with Gasteiger partial charge in [-0.1, -0.05) is 0 Å². The zero-order chi connectivity index (χ0) is 12.4. The summed E-state index contributed by atoms with van der Waals surface area (Å²) in [6, 6.07) is 0. The van der Waals surface area contributed by atoms with Gasteiger partial charge in [-0.15, -0.1) is 0 Å². The first kappa shape index (κ1) is 14.4. The van der Waals surface area contributed by atoms with Crippen LogP contribution in [0.4, 0.5) is 0 Å². The van der Waals surface area contributed by atoms with E-state index in [0.29, 0.717) is 0 Å². The first-order chi connectivity index (χ1) is 6.46. The molecule has 0 heterocycles. The second-order valence-corrected chi connectivity index (χ2v) is 9.43. The monoisotopic (exact) mass is 258 g/mol. The third-order valence-corrected chi connectivity index (χ3v) is 4.33. The van der Waals surface area contributed by atoms with Crippen molar-refractivity contribution in [2.24, 2.45) is 0 Å². The van der Waals surface area contributed by atoms with E-state index in [1.807, 2.05) is 0 Å². The van der Waals surface area contributed by atoms with Crippen molar-refractivity contribution in [2.75, 3.05) is 18.8 Å². The van der Waals surface area contributed by atoms with Crippen molar-refractivity contribution in [3.63, 3.8) is 0 Å². The highest BCUT2D eigenvalue weighted by Crippen LogP contribution is 2.39. The van der Waals surface area contributed by atoms with Gasteiger partial charge in [0, 0.05) is 0 Å². The van der Waals surface area contributed by atoms with Crippen molar-refractivity contribution >= 4 is 31.2 Å². The molecule has 0 aromatic carbocycles. The Bertz CT molecular complexity index is 363. The normalized spacial score (nSPS) is 15.7. The molecule has 0 aromatic heterocycles. The van der Waals surface area contributed by atoms with E-state index in [2.05, 4.69) is 0 Å². The molecular formula is C7H14O6S2. The molecule has 2 N–H and O–H groups in total. The molecule has 0 rings (SSSR count). The number of rotatable bonds is 4. The highest BCUT2D eigenvalue weighted by Gasteiger charge is 2.37. The fourth-order valence-corrected chi connectivity index (χ4v) is 3.56. The second kappa shape index (κ2) is 4.50. The predicted octanol–water partition coefficient (Wildman–Crippen LogP) is -0.0619. The SMILES string of the molecule is CS(C)(C)C(=O)C(CC(=O)O)S(=O)(=O)O. The molecule has 0 saturated carbocycles. The molecule has 0 fully saturated rings. The average Bonchev–Trinajstić information content (AvgIpc) is 1.94. The van der Waals surface area contributed by atoms with Crippen LogP contribution in [0.15, 0.2) is 0 Å². The zero-order valence-corrected chi connectivity index (χ0v) is 10.3. The third-order valence-electron chi connectivity index (χ3n) is 1.59. The molecule has 8 heteroatoms. The van der Waals surface area contributed by atoms with Gasteiger partial charge >= 0.3 is 5.97 Å². The topological polar surface area (TPSA) is 109 Å². The third kappa shape index (κ3) is 4.63. The van der Waals surface area contributed by atoms with Gasteiger partial charge in [-0.25, -0.2) is 0 Å². The fourth-order valence-electron chi connectivity index (χ4n) is 0.863.